The van der Waals surface area contributed by atoms with Crippen molar-refractivity contribution in [1.29, 1.82) is 0 Å². The minimum Gasteiger partial charge on any atom is -0.456 e. The monoisotopic (exact) mass is 487 g/mol. The molecule has 36 heavy (non-hydrogen) atoms. The quantitative estimate of drug-likeness (QED) is 0.417. The second-order valence-electron chi connectivity index (χ2n) is 9.95. The minimum absolute atomic E-state index is 0.0973. The molecule has 3 aromatic carbocycles. The maximum Gasteiger partial charge on any atom is 0.488 e. The fourth-order valence-electron chi connectivity index (χ4n) is 4.52. The summed E-state index contributed by atoms with van der Waals surface area (Å²) in [6, 6.07) is 19.1. The SMILES string of the molecule is Cc1c(B(O)O)cc(N(C)C(=O)OCC2c3ccccc3-c3ccccc32)cc1C(=O)OC(C)(C)C. The normalized spacial score (nSPS) is 12.5. The third-order valence-corrected chi connectivity index (χ3v) is 6.33. The van der Waals surface area contributed by atoms with Crippen molar-refractivity contribution in [3.63, 3.8) is 0 Å². The van der Waals surface area contributed by atoms with E-state index < -0.39 is 24.8 Å². The van der Waals surface area contributed by atoms with Crippen LogP contribution in [0.3, 0.4) is 0 Å². The van der Waals surface area contributed by atoms with Crippen LogP contribution >= 0.6 is 0 Å². The average molecular weight is 487 g/mol. The van der Waals surface area contributed by atoms with Crippen LogP contribution in [0.25, 0.3) is 11.1 Å². The summed E-state index contributed by atoms with van der Waals surface area (Å²) in [5.41, 5.74) is 4.61. The van der Waals surface area contributed by atoms with Crippen LogP contribution in [0.4, 0.5) is 10.5 Å². The van der Waals surface area contributed by atoms with E-state index in [2.05, 4.69) is 12.1 Å². The van der Waals surface area contributed by atoms with Crippen LogP contribution < -0.4 is 10.4 Å². The van der Waals surface area contributed by atoms with Crippen molar-refractivity contribution < 1.29 is 29.1 Å². The van der Waals surface area contributed by atoms with E-state index in [9.17, 15) is 19.6 Å². The zero-order chi connectivity index (χ0) is 26.2. The van der Waals surface area contributed by atoms with E-state index in [-0.39, 0.29) is 29.2 Å². The molecule has 0 bridgehead atoms. The lowest BCUT2D eigenvalue weighted by molar-refractivity contribution is 0.00687. The molecule has 1 amide bonds. The number of esters is 1. The lowest BCUT2D eigenvalue weighted by atomic mass is 9.75. The lowest BCUT2D eigenvalue weighted by Crippen LogP contribution is -2.36. The van der Waals surface area contributed by atoms with Gasteiger partial charge in [0.2, 0.25) is 0 Å². The van der Waals surface area contributed by atoms with Gasteiger partial charge in [0.05, 0.1) is 5.56 Å². The minimum atomic E-state index is -1.83. The van der Waals surface area contributed by atoms with Gasteiger partial charge < -0.3 is 19.5 Å². The van der Waals surface area contributed by atoms with Crippen molar-refractivity contribution in [3.8, 4) is 11.1 Å². The molecule has 0 saturated heterocycles. The van der Waals surface area contributed by atoms with E-state index in [1.54, 1.807) is 27.7 Å². The Morgan fingerprint density at radius 3 is 2.06 bits per heavy atom. The number of rotatable bonds is 5. The molecule has 7 nitrogen and oxygen atoms in total. The van der Waals surface area contributed by atoms with Gasteiger partial charge in [-0.15, -0.1) is 0 Å². The summed E-state index contributed by atoms with van der Waals surface area (Å²) in [4.78, 5) is 27.1. The summed E-state index contributed by atoms with van der Waals surface area (Å²) in [5, 5.41) is 19.8. The second-order valence-corrected chi connectivity index (χ2v) is 9.95. The number of fused-ring (bicyclic) bond motifs is 3. The Bertz CT molecular complexity index is 1270. The highest BCUT2D eigenvalue weighted by atomic mass is 16.6. The van der Waals surface area contributed by atoms with Gasteiger partial charge in [0.25, 0.3) is 0 Å². The van der Waals surface area contributed by atoms with Gasteiger partial charge >= 0.3 is 19.2 Å². The van der Waals surface area contributed by atoms with Crippen molar-refractivity contribution >= 4 is 30.3 Å². The first-order valence-corrected chi connectivity index (χ1v) is 11.8. The van der Waals surface area contributed by atoms with Crippen LogP contribution in [0.5, 0.6) is 0 Å². The van der Waals surface area contributed by atoms with Crippen LogP contribution in [-0.2, 0) is 9.47 Å². The molecule has 0 radical (unpaired) electrons. The molecule has 0 heterocycles. The summed E-state index contributed by atoms with van der Waals surface area (Å²) in [6.07, 6.45) is -0.630. The molecule has 0 unspecified atom stereocenters. The maximum absolute atomic E-state index is 13.1. The van der Waals surface area contributed by atoms with Gasteiger partial charge in [0.15, 0.2) is 0 Å². The van der Waals surface area contributed by atoms with Crippen molar-refractivity contribution in [1.82, 2.24) is 0 Å². The molecule has 2 N–H and O–H groups in total. The molecule has 4 rings (SSSR count). The maximum atomic E-state index is 13.1. The molecule has 0 spiro atoms. The molecular weight excluding hydrogens is 457 g/mol. The first-order valence-electron chi connectivity index (χ1n) is 11.8. The van der Waals surface area contributed by atoms with Gasteiger partial charge in [-0.3, -0.25) is 4.90 Å². The molecule has 1 aliphatic rings. The van der Waals surface area contributed by atoms with Crippen molar-refractivity contribution in [2.45, 2.75) is 39.2 Å². The Balaban J connectivity index is 1.58. The zero-order valence-electron chi connectivity index (χ0n) is 21.1. The predicted molar refractivity (Wildman–Crippen MR) is 140 cm³/mol. The number of ether oxygens (including phenoxy) is 2. The predicted octanol–water partition coefficient (Wildman–Crippen LogP) is 4.02. The molecule has 0 atom stereocenters. The highest BCUT2D eigenvalue weighted by molar-refractivity contribution is 6.59. The summed E-state index contributed by atoms with van der Waals surface area (Å²) >= 11 is 0. The number of hydrogen-bond donors (Lipinski definition) is 2. The number of hydrogen-bond acceptors (Lipinski definition) is 6. The van der Waals surface area contributed by atoms with Gasteiger partial charge in [-0.05, 0) is 73.1 Å². The number of benzene rings is 3. The van der Waals surface area contributed by atoms with Crippen LogP contribution in [0.2, 0.25) is 0 Å². The summed E-state index contributed by atoms with van der Waals surface area (Å²) in [5.74, 6) is -0.718. The number of amides is 1. The molecular formula is C28H30BNO6. The van der Waals surface area contributed by atoms with Gasteiger partial charge in [-0.2, -0.15) is 0 Å². The topological polar surface area (TPSA) is 96.3 Å². The number of nitrogens with zero attached hydrogens (tertiary/aromatic N) is 1. The van der Waals surface area contributed by atoms with E-state index in [1.165, 1.54) is 24.1 Å². The summed E-state index contributed by atoms with van der Waals surface area (Å²) < 4.78 is 11.2. The lowest BCUT2D eigenvalue weighted by Gasteiger charge is -2.24. The molecule has 0 saturated carbocycles. The number of anilines is 1. The fourth-order valence-corrected chi connectivity index (χ4v) is 4.52. The van der Waals surface area contributed by atoms with E-state index in [0.717, 1.165) is 22.3 Å². The second kappa shape index (κ2) is 9.80. The standard InChI is InChI=1S/C28H30BNO6/c1-17-23(26(31)36-28(2,3)4)14-18(15-25(17)29(33)34)30(5)27(32)35-16-24-21-12-8-6-10-19(21)20-11-7-9-13-22(20)24/h6-15,24,33-34H,16H2,1-5H3. The van der Waals surface area contributed by atoms with Crippen LogP contribution in [0.15, 0.2) is 60.7 Å². The molecule has 186 valence electrons. The molecule has 3 aromatic rings. The van der Waals surface area contributed by atoms with E-state index in [0.29, 0.717) is 5.56 Å². The van der Waals surface area contributed by atoms with Gasteiger partial charge in [-0.1, -0.05) is 48.5 Å². The molecule has 8 heteroatoms. The Morgan fingerprint density at radius 2 is 1.53 bits per heavy atom. The van der Waals surface area contributed by atoms with Gasteiger partial charge in [0, 0.05) is 18.7 Å². The largest absolute Gasteiger partial charge is 0.488 e. The smallest absolute Gasteiger partial charge is 0.456 e. The fraction of sp³-hybridized carbons (Fsp3) is 0.286. The van der Waals surface area contributed by atoms with Crippen molar-refractivity contribution in [3.05, 3.63) is 82.9 Å². The number of carbonyl (C=O) groups excluding carboxylic acids is 2. The third-order valence-electron chi connectivity index (χ3n) is 6.33. The Morgan fingerprint density at radius 1 is 0.972 bits per heavy atom. The summed E-state index contributed by atoms with van der Waals surface area (Å²) in [6.45, 7) is 6.97. The average Bonchev–Trinajstić information content (AvgIpc) is 3.14. The van der Waals surface area contributed by atoms with E-state index >= 15 is 0 Å². The van der Waals surface area contributed by atoms with Crippen molar-refractivity contribution in [2.75, 3.05) is 18.6 Å². The third kappa shape index (κ3) is 5.01. The highest BCUT2D eigenvalue weighted by Gasteiger charge is 2.30. The van der Waals surface area contributed by atoms with E-state index in [4.69, 9.17) is 9.47 Å². The molecule has 0 aromatic heterocycles. The van der Waals surface area contributed by atoms with Crippen LogP contribution in [0, 0.1) is 6.92 Å². The molecule has 0 aliphatic heterocycles. The Kier molecular flexibility index (Phi) is 6.93. The van der Waals surface area contributed by atoms with Crippen LogP contribution in [-0.4, -0.2) is 48.5 Å². The first-order chi connectivity index (χ1) is 17.0. The van der Waals surface area contributed by atoms with Gasteiger partial charge in [-0.25, -0.2) is 9.59 Å². The Hall–Kier alpha value is -3.62. The van der Waals surface area contributed by atoms with Crippen LogP contribution in [0.1, 0.15) is 53.7 Å². The van der Waals surface area contributed by atoms with Gasteiger partial charge in [0.1, 0.15) is 12.2 Å². The first kappa shape index (κ1) is 25.5. The molecule has 1 aliphatic carbocycles. The zero-order valence-corrected chi connectivity index (χ0v) is 21.1. The van der Waals surface area contributed by atoms with Crippen molar-refractivity contribution in [2.24, 2.45) is 0 Å². The highest BCUT2D eigenvalue weighted by Crippen LogP contribution is 2.44. The summed E-state index contributed by atoms with van der Waals surface area (Å²) in [7, 11) is -0.322. The Labute approximate surface area is 211 Å². The van der Waals surface area contributed by atoms with E-state index in [1.807, 2.05) is 36.4 Å². The molecule has 0 fully saturated rings. The number of carbonyl (C=O) groups is 2.